The van der Waals surface area contributed by atoms with Gasteiger partial charge in [0.2, 0.25) is 0 Å². The topological polar surface area (TPSA) is 24.8 Å². The second kappa shape index (κ2) is 2.69. The predicted molar refractivity (Wildman–Crippen MR) is 31.5 cm³/mol. The minimum atomic E-state index is -4.62. The fraction of sp³-hybridized carbons (Fsp3) is 0.600. The lowest BCUT2D eigenvalue weighted by molar-refractivity contribution is -0.337. The summed E-state index contributed by atoms with van der Waals surface area (Å²) in [6.07, 6.45) is -4.58. The molecule has 1 heterocycles. The summed E-state index contributed by atoms with van der Waals surface area (Å²) in [5, 5.41) is 0. The highest BCUT2D eigenvalue weighted by Crippen LogP contribution is 2.22. The van der Waals surface area contributed by atoms with Gasteiger partial charge < -0.3 is 4.90 Å². The van der Waals surface area contributed by atoms with Crippen LogP contribution in [-0.2, 0) is 4.74 Å². The second-order valence-electron chi connectivity index (χ2n) is 2.03. The Kier molecular flexibility index (Phi) is 2.03. The summed E-state index contributed by atoms with van der Waals surface area (Å²) in [5.74, 6) is 0. The number of likely N-dealkylation sites (N-methyl/N-ethyl adjacent to an activating group) is 1. The maximum absolute atomic E-state index is 11.5. The molecule has 6 heteroatoms. The van der Waals surface area contributed by atoms with Gasteiger partial charge in [-0.15, -0.1) is 13.2 Å². The van der Waals surface area contributed by atoms with E-state index >= 15 is 0 Å². The third kappa shape index (κ3) is 2.75. The fourth-order valence-electron chi connectivity index (χ4n) is 0.647. The van der Waals surface area contributed by atoms with E-state index in [1.54, 1.807) is 7.05 Å². The maximum Gasteiger partial charge on any atom is 0.524 e. The van der Waals surface area contributed by atoms with Gasteiger partial charge in [-0.05, 0) is 0 Å². The van der Waals surface area contributed by atoms with E-state index in [0.29, 0.717) is 0 Å². The number of aliphatic imine (C=N–C) groups is 1. The van der Waals surface area contributed by atoms with Crippen LogP contribution in [0.5, 0.6) is 0 Å². The molecule has 0 aromatic heterocycles. The van der Waals surface area contributed by atoms with Crippen LogP contribution in [0.2, 0.25) is 0 Å². The molecule has 1 unspecified atom stereocenters. The molecule has 0 aromatic carbocycles. The molecule has 11 heavy (non-hydrogen) atoms. The molecule has 0 aliphatic carbocycles. The van der Waals surface area contributed by atoms with Crippen molar-refractivity contribution in [3.8, 4) is 0 Å². The van der Waals surface area contributed by atoms with Gasteiger partial charge >= 0.3 is 6.36 Å². The quantitative estimate of drug-likeness (QED) is 0.581. The van der Waals surface area contributed by atoms with Crippen molar-refractivity contribution in [1.82, 2.24) is 4.90 Å². The van der Waals surface area contributed by atoms with Crippen LogP contribution in [0.3, 0.4) is 0 Å². The molecule has 63 valence electrons. The van der Waals surface area contributed by atoms with Crippen molar-refractivity contribution < 1.29 is 17.9 Å². The second-order valence-corrected chi connectivity index (χ2v) is 2.03. The highest BCUT2D eigenvalue weighted by Gasteiger charge is 2.35. The Bertz CT molecular complexity index is 168. The summed E-state index contributed by atoms with van der Waals surface area (Å²) < 4.78 is 38.1. The van der Waals surface area contributed by atoms with Gasteiger partial charge in [-0.1, -0.05) is 0 Å². The third-order valence-electron chi connectivity index (χ3n) is 1.01. The maximum atomic E-state index is 11.5. The van der Waals surface area contributed by atoms with Gasteiger partial charge in [-0.2, -0.15) is 0 Å². The Morgan fingerprint density at radius 1 is 1.55 bits per heavy atom. The van der Waals surface area contributed by atoms with Crippen LogP contribution in [-0.4, -0.2) is 30.9 Å². The van der Waals surface area contributed by atoms with Crippen LogP contribution < -0.4 is 0 Å². The predicted octanol–water partition coefficient (Wildman–Crippen LogP) is 0.984. The Labute approximate surface area is 61.5 Å². The monoisotopic (exact) mass is 167 g/mol. The van der Waals surface area contributed by atoms with E-state index in [0.717, 1.165) is 0 Å². The van der Waals surface area contributed by atoms with E-state index in [1.165, 1.54) is 17.8 Å². The molecule has 3 nitrogen and oxygen atoms in total. The molecule has 1 atom stereocenters. The van der Waals surface area contributed by atoms with E-state index in [1.807, 2.05) is 0 Å². The first-order valence-corrected chi connectivity index (χ1v) is 2.82. The zero-order chi connectivity index (χ0) is 8.48. The molecule has 1 radical (unpaired) electrons. The summed E-state index contributed by atoms with van der Waals surface area (Å²) in [6.45, 7) is 1.22. The van der Waals surface area contributed by atoms with Crippen molar-refractivity contribution in [1.29, 1.82) is 0 Å². The van der Waals surface area contributed by atoms with Crippen molar-refractivity contribution in [2.24, 2.45) is 4.99 Å². The Morgan fingerprint density at radius 3 is 2.55 bits per heavy atom. The van der Waals surface area contributed by atoms with Gasteiger partial charge in [0.25, 0.3) is 0 Å². The van der Waals surface area contributed by atoms with Gasteiger partial charge in [0, 0.05) is 7.05 Å². The first-order chi connectivity index (χ1) is 4.97. The summed E-state index contributed by atoms with van der Waals surface area (Å²) in [4.78, 5) is 4.80. The lowest BCUT2D eigenvalue weighted by Gasteiger charge is -2.12. The molecule has 0 bridgehead atoms. The van der Waals surface area contributed by atoms with Crippen molar-refractivity contribution in [3.63, 3.8) is 0 Å². The summed E-state index contributed by atoms with van der Waals surface area (Å²) in [5.41, 5.74) is 0. The Balaban J connectivity index is 2.36. The molecular formula is C5H6F3N2O. The zero-order valence-electron chi connectivity index (χ0n) is 5.67. The standard InChI is InChI=1S/C5H6F3N2O/c1-10-2-4(9-3-10)11-5(6,7)8/h2-4H,1H3. The van der Waals surface area contributed by atoms with E-state index in [9.17, 15) is 13.2 Å². The molecular weight excluding hydrogens is 161 g/mol. The van der Waals surface area contributed by atoms with Crippen molar-refractivity contribution in [2.75, 3.05) is 7.05 Å². The van der Waals surface area contributed by atoms with Gasteiger partial charge in [0.1, 0.15) is 6.54 Å². The molecule has 0 N–H and O–H groups in total. The number of halogens is 3. The lowest BCUT2D eigenvalue weighted by Crippen LogP contribution is -2.23. The van der Waals surface area contributed by atoms with E-state index in [-0.39, 0.29) is 0 Å². The molecule has 0 amide bonds. The van der Waals surface area contributed by atoms with Gasteiger partial charge in [-0.25, -0.2) is 4.99 Å². The van der Waals surface area contributed by atoms with E-state index in [2.05, 4.69) is 9.73 Å². The lowest BCUT2D eigenvalue weighted by atomic mass is 10.6. The van der Waals surface area contributed by atoms with E-state index in [4.69, 9.17) is 0 Å². The van der Waals surface area contributed by atoms with Gasteiger partial charge in [0.15, 0.2) is 6.23 Å². The van der Waals surface area contributed by atoms with E-state index < -0.39 is 12.6 Å². The molecule has 0 spiro atoms. The van der Waals surface area contributed by atoms with Crippen molar-refractivity contribution in [2.45, 2.75) is 12.6 Å². The van der Waals surface area contributed by atoms with Crippen LogP contribution >= 0.6 is 0 Å². The Hall–Kier alpha value is -0.780. The number of alkyl halides is 3. The fourth-order valence-corrected chi connectivity index (χ4v) is 0.647. The normalized spacial score (nSPS) is 24.7. The van der Waals surface area contributed by atoms with Crippen LogP contribution in [0.15, 0.2) is 4.99 Å². The molecule has 0 fully saturated rings. The van der Waals surface area contributed by atoms with Gasteiger partial charge in [0.05, 0.1) is 6.34 Å². The molecule has 1 rings (SSSR count). The zero-order valence-corrected chi connectivity index (χ0v) is 5.67. The van der Waals surface area contributed by atoms with Gasteiger partial charge in [-0.3, -0.25) is 4.74 Å². The highest BCUT2D eigenvalue weighted by molar-refractivity contribution is 5.58. The summed E-state index contributed by atoms with van der Waals surface area (Å²) >= 11 is 0. The molecule has 1 aliphatic rings. The highest BCUT2D eigenvalue weighted by atomic mass is 19.4. The average molecular weight is 167 g/mol. The SMILES string of the molecule is CN1[CH]C(OC(F)(F)F)N=C1. The number of hydrogen-bond acceptors (Lipinski definition) is 3. The number of hydrogen-bond donors (Lipinski definition) is 0. The molecule has 1 aliphatic heterocycles. The minimum absolute atomic E-state index is 1.22. The largest absolute Gasteiger partial charge is 0.524 e. The molecule has 0 saturated heterocycles. The van der Waals surface area contributed by atoms with Crippen molar-refractivity contribution >= 4 is 6.34 Å². The first-order valence-electron chi connectivity index (χ1n) is 2.82. The number of ether oxygens (including phenoxy) is 1. The van der Waals surface area contributed by atoms with Crippen LogP contribution in [0.1, 0.15) is 0 Å². The summed E-state index contributed by atoms with van der Waals surface area (Å²) in [6, 6.07) is 0. The molecule has 0 aromatic rings. The minimum Gasteiger partial charge on any atom is -0.356 e. The molecule has 0 saturated carbocycles. The Morgan fingerprint density at radius 2 is 2.18 bits per heavy atom. The van der Waals surface area contributed by atoms with Crippen LogP contribution in [0, 0.1) is 6.54 Å². The van der Waals surface area contributed by atoms with Crippen molar-refractivity contribution in [3.05, 3.63) is 6.54 Å². The average Bonchev–Trinajstić information content (AvgIpc) is 2.10. The van der Waals surface area contributed by atoms with Crippen LogP contribution in [0.4, 0.5) is 13.2 Å². The smallest absolute Gasteiger partial charge is 0.356 e. The third-order valence-corrected chi connectivity index (χ3v) is 1.01. The van der Waals surface area contributed by atoms with Crippen LogP contribution in [0.25, 0.3) is 0 Å². The number of nitrogens with zero attached hydrogens (tertiary/aromatic N) is 2. The summed E-state index contributed by atoms with van der Waals surface area (Å²) in [7, 11) is 1.57. The number of rotatable bonds is 1. The first kappa shape index (κ1) is 8.32.